The minimum atomic E-state index is -1.16. The molecule has 0 spiro atoms. The van der Waals surface area contributed by atoms with Gasteiger partial charge in [0.2, 0.25) is 0 Å². The average molecular weight is 237 g/mol. The summed E-state index contributed by atoms with van der Waals surface area (Å²) in [6, 6.07) is 0. The Morgan fingerprint density at radius 3 is 1.87 bits per heavy atom. The predicted molar refractivity (Wildman–Crippen MR) is 67.1 cm³/mol. The second-order valence-corrected chi connectivity index (χ2v) is 4.99. The van der Waals surface area contributed by atoms with E-state index in [1.54, 1.807) is 0 Å². The highest BCUT2D eigenvalue weighted by Crippen LogP contribution is 2.19. The molecule has 0 bridgehead atoms. The zero-order valence-electron chi connectivity index (χ0n) is 10.3. The second kappa shape index (κ2) is 10.7. The molecule has 92 valence electrons. The van der Waals surface area contributed by atoms with Crippen molar-refractivity contribution in [2.45, 2.75) is 77.3 Å². The maximum atomic E-state index is 12.6. The Bertz CT molecular complexity index is 126. The Kier molecular flexibility index (Phi) is 10.9. The van der Waals surface area contributed by atoms with Crippen molar-refractivity contribution in [2.24, 2.45) is 5.92 Å². The lowest BCUT2D eigenvalue weighted by Gasteiger charge is -2.10. The number of unbranched alkanes of at least 4 members (excludes halogenated alkanes) is 7. The summed E-state index contributed by atoms with van der Waals surface area (Å²) in [4.78, 5) is 0. The maximum Gasteiger partial charge on any atom is 0.176 e. The second-order valence-electron chi connectivity index (χ2n) is 4.58. The molecule has 0 amide bonds. The van der Waals surface area contributed by atoms with E-state index in [2.05, 4.69) is 6.92 Å². The molecule has 0 heterocycles. The first-order valence-electron chi connectivity index (χ1n) is 6.46. The van der Waals surface area contributed by atoms with E-state index in [-0.39, 0.29) is 5.92 Å². The van der Waals surface area contributed by atoms with Crippen molar-refractivity contribution in [1.29, 1.82) is 0 Å². The molecule has 15 heavy (non-hydrogen) atoms. The molecule has 0 saturated carbocycles. The van der Waals surface area contributed by atoms with Crippen LogP contribution in [0.3, 0.4) is 0 Å². The van der Waals surface area contributed by atoms with Crippen molar-refractivity contribution in [3.8, 4) is 0 Å². The molecular weight excluding hydrogens is 211 g/mol. The summed E-state index contributed by atoms with van der Waals surface area (Å²) in [7, 11) is 0. The standard InChI is InChI=1S/C13H26ClF/c1-3-4-5-6-7-8-9-10-11-12(2)13(14)15/h12-13H,3-11H2,1-2H3. The third-order valence-electron chi connectivity index (χ3n) is 2.94. The number of hydrogen-bond acceptors (Lipinski definition) is 0. The van der Waals surface area contributed by atoms with Crippen LogP contribution >= 0.6 is 11.6 Å². The van der Waals surface area contributed by atoms with Gasteiger partial charge in [0.05, 0.1) is 0 Å². The van der Waals surface area contributed by atoms with Crippen LogP contribution in [0.15, 0.2) is 0 Å². The number of hydrogen-bond donors (Lipinski definition) is 0. The van der Waals surface area contributed by atoms with Crippen LogP contribution in [0.4, 0.5) is 4.39 Å². The molecule has 0 aromatic carbocycles. The molecule has 0 saturated heterocycles. The van der Waals surface area contributed by atoms with Gasteiger partial charge in [-0.05, 0) is 6.42 Å². The topological polar surface area (TPSA) is 0 Å². The Hall–Kier alpha value is 0.220. The predicted octanol–water partition coefficient (Wildman–Crippen LogP) is 5.69. The zero-order chi connectivity index (χ0) is 11.5. The molecule has 2 unspecified atom stereocenters. The Morgan fingerprint density at radius 1 is 0.933 bits per heavy atom. The van der Waals surface area contributed by atoms with Crippen LogP contribution < -0.4 is 0 Å². The van der Waals surface area contributed by atoms with Crippen molar-refractivity contribution >= 4 is 11.6 Å². The highest BCUT2D eigenvalue weighted by molar-refractivity contribution is 6.19. The fourth-order valence-corrected chi connectivity index (χ4v) is 1.85. The van der Waals surface area contributed by atoms with Crippen molar-refractivity contribution in [2.75, 3.05) is 0 Å². The molecular formula is C13H26ClF. The highest BCUT2D eigenvalue weighted by atomic mass is 35.5. The van der Waals surface area contributed by atoms with E-state index >= 15 is 0 Å². The molecule has 0 aliphatic heterocycles. The van der Waals surface area contributed by atoms with E-state index in [1.807, 2.05) is 6.92 Å². The van der Waals surface area contributed by atoms with Gasteiger partial charge >= 0.3 is 0 Å². The third kappa shape index (κ3) is 10.5. The van der Waals surface area contributed by atoms with Gasteiger partial charge in [-0.2, -0.15) is 0 Å². The summed E-state index contributed by atoms with van der Waals surface area (Å²) < 4.78 is 12.6. The molecule has 0 aromatic rings. The normalized spacial score (nSPS) is 15.2. The van der Waals surface area contributed by atoms with Crippen molar-refractivity contribution in [3.05, 3.63) is 0 Å². The van der Waals surface area contributed by atoms with E-state index in [4.69, 9.17) is 11.6 Å². The van der Waals surface area contributed by atoms with Crippen molar-refractivity contribution < 1.29 is 4.39 Å². The highest BCUT2D eigenvalue weighted by Gasteiger charge is 2.11. The molecule has 0 fully saturated rings. The first kappa shape index (κ1) is 15.2. The monoisotopic (exact) mass is 236 g/mol. The average Bonchev–Trinajstić information content (AvgIpc) is 2.21. The summed E-state index contributed by atoms with van der Waals surface area (Å²) in [5.41, 5.74) is -1.16. The van der Waals surface area contributed by atoms with Gasteiger partial charge in [0.1, 0.15) is 0 Å². The van der Waals surface area contributed by atoms with Crippen LogP contribution in [0.1, 0.15) is 71.6 Å². The lowest BCUT2D eigenvalue weighted by atomic mass is 10.0. The summed E-state index contributed by atoms with van der Waals surface area (Å²) in [5, 5.41) is 0. The summed E-state index contributed by atoms with van der Waals surface area (Å²) in [6.45, 7) is 4.12. The van der Waals surface area contributed by atoms with Gasteiger partial charge in [-0.1, -0.05) is 76.8 Å². The van der Waals surface area contributed by atoms with Gasteiger partial charge in [0, 0.05) is 5.92 Å². The lowest BCUT2D eigenvalue weighted by molar-refractivity contribution is 0.312. The molecule has 0 rings (SSSR count). The largest absolute Gasteiger partial charge is 0.230 e. The lowest BCUT2D eigenvalue weighted by Crippen LogP contribution is -2.04. The molecule has 2 atom stereocenters. The van der Waals surface area contributed by atoms with Gasteiger partial charge in [-0.25, -0.2) is 4.39 Å². The van der Waals surface area contributed by atoms with Gasteiger partial charge < -0.3 is 0 Å². The summed E-state index contributed by atoms with van der Waals surface area (Å²) in [6.07, 6.45) is 11.4. The smallest absolute Gasteiger partial charge is 0.176 e. The molecule has 0 nitrogen and oxygen atoms in total. The van der Waals surface area contributed by atoms with Gasteiger partial charge in [0.25, 0.3) is 0 Å². The third-order valence-corrected chi connectivity index (χ3v) is 3.37. The minimum absolute atomic E-state index is 0.0201. The first-order chi connectivity index (χ1) is 7.18. The van der Waals surface area contributed by atoms with Crippen molar-refractivity contribution in [1.82, 2.24) is 0 Å². The van der Waals surface area contributed by atoms with E-state index in [0.717, 1.165) is 12.8 Å². The van der Waals surface area contributed by atoms with E-state index < -0.39 is 5.63 Å². The van der Waals surface area contributed by atoms with Crippen LogP contribution in [0.25, 0.3) is 0 Å². The van der Waals surface area contributed by atoms with Crippen molar-refractivity contribution in [3.63, 3.8) is 0 Å². The van der Waals surface area contributed by atoms with Crippen LogP contribution in [0, 0.1) is 5.92 Å². The van der Waals surface area contributed by atoms with Gasteiger partial charge in [-0.15, -0.1) is 0 Å². The molecule has 0 aliphatic rings. The molecule has 0 radical (unpaired) electrons. The minimum Gasteiger partial charge on any atom is -0.230 e. The molecule has 0 aromatic heterocycles. The van der Waals surface area contributed by atoms with Crippen LogP contribution in [0.5, 0.6) is 0 Å². The van der Waals surface area contributed by atoms with E-state index in [1.165, 1.54) is 44.9 Å². The maximum absolute atomic E-state index is 12.6. The fraction of sp³-hybridized carbons (Fsp3) is 1.00. The molecule has 0 aliphatic carbocycles. The summed E-state index contributed by atoms with van der Waals surface area (Å²) >= 11 is 5.36. The van der Waals surface area contributed by atoms with E-state index in [0.29, 0.717) is 0 Å². The fourth-order valence-electron chi connectivity index (χ4n) is 1.73. The Morgan fingerprint density at radius 2 is 1.40 bits per heavy atom. The van der Waals surface area contributed by atoms with Crippen LogP contribution in [-0.4, -0.2) is 5.63 Å². The Balaban J connectivity index is 3.05. The Labute approximate surface area is 99.6 Å². The van der Waals surface area contributed by atoms with E-state index in [9.17, 15) is 4.39 Å². The van der Waals surface area contributed by atoms with Gasteiger partial charge in [-0.3, -0.25) is 0 Å². The SMILES string of the molecule is CCCCCCCCCCC(C)C(F)Cl. The van der Waals surface area contributed by atoms with Crippen LogP contribution in [-0.2, 0) is 0 Å². The molecule has 2 heteroatoms. The zero-order valence-corrected chi connectivity index (χ0v) is 11.0. The number of halogens is 2. The molecule has 0 N–H and O–H groups in total. The quantitative estimate of drug-likeness (QED) is 0.338. The van der Waals surface area contributed by atoms with Gasteiger partial charge in [0.15, 0.2) is 5.63 Å². The van der Waals surface area contributed by atoms with Crippen LogP contribution in [0.2, 0.25) is 0 Å². The first-order valence-corrected chi connectivity index (χ1v) is 6.90. The number of alkyl halides is 2. The summed E-state index contributed by atoms with van der Waals surface area (Å²) in [5.74, 6) is 0.0201. The number of rotatable bonds is 10.